The number of anilines is 1. The third kappa shape index (κ3) is 3.54. The van der Waals surface area contributed by atoms with Crippen molar-refractivity contribution in [1.29, 1.82) is 0 Å². The van der Waals surface area contributed by atoms with Crippen LogP contribution >= 0.6 is 23.1 Å². The molecule has 2 rings (SSSR count). The normalized spacial score (nSPS) is 14.7. The molecule has 1 aromatic rings. The third-order valence-electron chi connectivity index (χ3n) is 2.27. The lowest BCUT2D eigenvalue weighted by atomic mass is 10.3. The zero-order valence-electron chi connectivity index (χ0n) is 9.99. The van der Waals surface area contributed by atoms with Gasteiger partial charge in [0.1, 0.15) is 6.54 Å². The molecule has 20 heavy (non-hydrogen) atoms. The molecule has 0 unspecified atom stereocenters. The van der Waals surface area contributed by atoms with E-state index in [9.17, 15) is 19.2 Å². The van der Waals surface area contributed by atoms with Gasteiger partial charge in [-0.3, -0.25) is 24.1 Å². The number of aliphatic carboxylic acids is 1. The Morgan fingerprint density at radius 2 is 2.20 bits per heavy atom. The van der Waals surface area contributed by atoms with E-state index in [0.717, 1.165) is 28.0 Å². The third-order valence-corrected chi connectivity index (χ3v) is 3.94. The Bertz CT molecular complexity index is 569. The van der Waals surface area contributed by atoms with Crippen molar-refractivity contribution in [3.63, 3.8) is 0 Å². The Balaban J connectivity index is 1.91. The number of imide groups is 1. The van der Waals surface area contributed by atoms with Gasteiger partial charge in [0.25, 0.3) is 5.24 Å². The first-order valence-electron chi connectivity index (χ1n) is 5.39. The number of carbonyl (C=O) groups is 4. The van der Waals surface area contributed by atoms with Crippen molar-refractivity contribution in [3.8, 4) is 0 Å². The van der Waals surface area contributed by atoms with Crippen LogP contribution in [0.3, 0.4) is 0 Å². The Morgan fingerprint density at radius 1 is 1.45 bits per heavy atom. The molecule has 1 aromatic heterocycles. The first kappa shape index (κ1) is 14.5. The second-order valence-corrected chi connectivity index (χ2v) is 5.58. The van der Waals surface area contributed by atoms with Crippen molar-refractivity contribution in [2.45, 2.75) is 6.42 Å². The SMILES string of the molecule is O=C(O)Cc1csc(NC(=O)CN2C(=O)CSC2=O)n1. The number of carboxylic acids is 1. The molecule has 0 atom stereocenters. The first-order valence-corrected chi connectivity index (χ1v) is 7.25. The molecular formula is C10H9N3O5S2. The highest BCUT2D eigenvalue weighted by atomic mass is 32.2. The maximum atomic E-state index is 11.7. The molecule has 10 heteroatoms. The molecule has 1 aliphatic heterocycles. The van der Waals surface area contributed by atoms with E-state index < -0.39 is 23.0 Å². The van der Waals surface area contributed by atoms with Crippen molar-refractivity contribution in [2.75, 3.05) is 17.6 Å². The van der Waals surface area contributed by atoms with Crippen molar-refractivity contribution >= 4 is 51.3 Å². The van der Waals surface area contributed by atoms with Gasteiger partial charge in [-0.25, -0.2) is 4.98 Å². The summed E-state index contributed by atoms with van der Waals surface area (Å²) in [6, 6.07) is 0. The largest absolute Gasteiger partial charge is 0.481 e. The summed E-state index contributed by atoms with van der Waals surface area (Å²) < 4.78 is 0. The van der Waals surface area contributed by atoms with Crippen LogP contribution in [-0.4, -0.2) is 50.3 Å². The van der Waals surface area contributed by atoms with Crippen LogP contribution in [0, 0.1) is 0 Å². The van der Waals surface area contributed by atoms with Gasteiger partial charge in [0.2, 0.25) is 11.8 Å². The van der Waals surface area contributed by atoms with Gasteiger partial charge in [0.15, 0.2) is 5.13 Å². The minimum Gasteiger partial charge on any atom is -0.481 e. The summed E-state index contributed by atoms with van der Waals surface area (Å²) in [5, 5.41) is 12.3. The molecule has 1 aliphatic rings. The number of rotatable bonds is 5. The quantitative estimate of drug-likeness (QED) is 0.808. The van der Waals surface area contributed by atoms with E-state index in [-0.39, 0.29) is 23.8 Å². The minimum atomic E-state index is -1.02. The summed E-state index contributed by atoms with van der Waals surface area (Å²) >= 11 is 1.93. The summed E-state index contributed by atoms with van der Waals surface area (Å²) in [6.07, 6.45) is -0.230. The number of hydrogen-bond donors (Lipinski definition) is 2. The number of nitrogens with zero attached hydrogens (tertiary/aromatic N) is 2. The zero-order valence-corrected chi connectivity index (χ0v) is 11.6. The summed E-state index contributed by atoms with van der Waals surface area (Å²) in [5.74, 6) is -1.92. The van der Waals surface area contributed by atoms with E-state index in [2.05, 4.69) is 10.3 Å². The zero-order chi connectivity index (χ0) is 14.7. The van der Waals surface area contributed by atoms with Crippen molar-refractivity contribution in [2.24, 2.45) is 0 Å². The maximum Gasteiger partial charge on any atom is 0.309 e. The molecule has 0 spiro atoms. The fourth-order valence-electron chi connectivity index (χ4n) is 1.44. The Morgan fingerprint density at radius 3 is 2.80 bits per heavy atom. The van der Waals surface area contributed by atoms with Crippen molar-refractivity contribution in [3.05, 3.63) is 11.1 Å². The number of aromatic nitrogens is 1. The van der Waals surface area contributed by atoms with E-state index in [1.807, 2.05) is 0 Å². The highest BCUT2D eigenvalue weighted by Gasteiger charge is 2.31. The van der Waals surface area contributed by atoms with Crippen molar-refractivity contribution in [1.82, 2.24) is 9.88 Å². The predicted molar refractivity (Wildman–Crippen MR) is 71.7 cm³/mol. The van der Waals surface area contributed by atoms with Gasteiger partial charge in [0.05, 0.1) is 17.9 Å². The summed E-state index contributed by atoms with van der Waals surface area (Å²) in [4.78, 5) is 49.6. The molecule has 0 aliphatic carbocycles. The topological polar surface area (TPSA) is 117 Å². The van der Waals surface area contributed by atoms with E-state index in [4.69, 9.17) is 5.11 Å². The molecule has 3 amide bonds. The average Bonchev–Trinajstić information content (AvgIpc) is 2.90. The summed E-state index contributed by atoms with van der Waals surface area (Å²) in [6.45, 7) is -0.363. The number of thioether (sulfide) groups is 1. The van der Waals surface area contributed by atoms with Gasteiger partial charge in [-0.2, -0.15) is 0 Å². The molecule has 8 nitrogen and oxygen atoms in total. The second kappa shape index (κ2) is 6.01. The van der Waals surface area contributed by atoms with Gasteiger partial charge in [0, 0.05) is 5.38 Å². The van der Waals surface area contributed by atoms with Crippen LogP contribution in [0.4, 0.5) is 9.93 Å². The van der Waals surface area contributed by atoms with Gasteiger partial charge >= 0.3 is 5.97 Å². The summed E-state index contributed by atoms with van der Waals surface area (Å²) in [7, 11) is 0. The number of carbonyl (C=O) groups excluding carboxylic acids is 3. The molecular weight excluding hydrogens is 306 g/mol. The fourth-order valence-corrected chi connectivity index (χ4v) is 2.89. The standard InChI is InChI=1S/C10H9N3O5S2/c14-6(2-13-7(15)4-20-10(13)18)12-9-11-5(3-19-9)1-8(16)17/h3H,1-2,4H2,(H,16,17)(H,11,12,14). The number of thiazole rings is 1. The fraction of sp³-hybridized carbons (Fsp3) is 0.300. The smallest absolute Gasteiger partial charge is 0.309 e. The molecule has 0 aromatic carbocycles. The predicted octanol–water partition coefficient (Wildman–Crippen LogP) is 0.404. The lowest BCUT2D eigenvalue weighted by molar-refractivity contribution is -0.136. The van der Waals surface area contributed by atoms with Gasteiger partial charge in [-0.05, 0) is 0 Å². The van der Waals surface area contributed by atoms with Crippen LogP contribution in [0.1, 0.15) is 5.69 Å². The van der Waals surface area contributed by atoms with Gasteiger partial charge in [-0.1, -0.05) is 11.8 Å². The lowest BCUT2D eigenvalue weighted by Crippen LogP contribution is -2.36. The number of amides is 3. The summed E-state index contributed by atoms with van der Waals surface area (Å²) in [5.41, 5.74) is 0.335. The highest BCUT2D eigenvalue weighted by Crippen LogP contribution is 2.19. The monoisotopic (exact) mass is 315 g/mol. The molecule has 0 radical (unpaired) electrons. The van der Waals surface area contributed by atoms with Gasteiger partial charge in [-0.15, -0.1) is 11.3 Å². The molecule has 2 heterocycles. The van der Waals surface area contributed by atoms with Crippen LogP contribution < -0.4 is 5.32 Å². The van der Waals surface area contributed by atoms with Crippen LogP contribution in [-0.2, 0) is 20.8 Å². The van der Waals surface area contributed by atoms with E-state index >= 15 is 0 Å². The average molecular weight is 315 g/mol. The first-order chi connectivity index (χ1) is 9.45. The number of hydrogen-bond acceptors (Lipinski definition) is 7. The Kier molecular flexibility index (Phi) is 4.35. The van der Waals surface area contributed by atoms with Crippen LogP contribution in [0.25, 0.3) is 0 Å². The van der Waals surface area contributed by atoms with Crippen LogP contribution in [0.2, 0.25) is 0 Å². The molecule has 106 valence electrons. The van der Waals surface area contributed by atoms with Crippen LogP contribution in [0.5, 0.6) is 0 Å². The maximum absolute atomic E-state index is 11.7. The molecule has 1 fully saturated rings. The number of carboxylic acid groups (broad SMARTS) is 1. The van der Waals surface area contributed by atoms with E-state index in [1.54, 1.807) is 0 Å². The second-order valence-electron chi connectivity index (χ2n) is 3.80. The molecule has 0 saturated carbocycles. The molecule has 1 saturated heterocycles. The van der Waals surface area contributed by atoms with E-state index in [1.165, 1.54) is 5.38 Å². The molecule has 2 N–H and O–H groups in total. The van der Waals surface area contributed by atoms with Crippen molar-refractivity contribution < 1.29 is 24.3 Å². The van der Waals surface area contributed by atoms with E-state index in [0.29, 0.717) is 5.69 Å². The Labute approximate surface area is 121 Å². The lowest BCUT2D eigenvalue weighted by Gasteiger charge is -2.11. The Hall–Kier alpha value is -1.94. The highest BCUT2D eigenvalue weighted by molar-refractivity contribution is 8.14. The molecule has 0 bridgehead atoms. The van der Waals surface area contributed by atoms with Gasteiger partial charge < -0.3 is 10.4 Å². The van der Waals surface area contributed by atoms with Crippen LogP contribution in [0.15, 0.2) is 5.38 Å². The minimum absolute atomic E-state index is 0.0477. The number of nitrogens with one attached hydrogen (secondary N) is 1.